The highest BCUT2D eigenvalue weighted by Gasteiger charge is 2.35. The van der Waals surface area contributed by atoms with E-state index in [2.05, 4.69) is 125 Å². The van der Waals surface area contributed by atoms with Gasteiger partial charge >= 0.3 is 0 Å². The molecule has 1 aliphatic carbocycles. The Morgan fingerprint density at radius 3 is 2.07 bits per heavy atom. The maximum atomic E-state index is 7.00. The van der Waals surface area contributed by atoms with E-state index in [1.54, 1.807) is 7.11 Å². The van der Waals surface area contributed by atoms with Gasteiger partial charge in [0.1, 0.15) is 0 Å². The molecule has 0 heterocycles. The van der Waals surface area contributed by atoms with Gasteiger partial charge < -0.3 is 5.11 Å². The SMILES string of the molecule is CC.CC.CCC.CO.CONc1ccc2ccccc2c1/C=C\Cc1cc2c(cc1C)-c1ccccc1C2(C)C. The van der Waals surface area contributed by atoms with Gasteiger partial charge in [0.05, 0.1) is 12.8 Å². The molecule has 0 amide bonds. The van der Waals surface area contributed by atoms with Gasteiger partial charge in [0.2, 0.25) is 0 Å². The van der Waals surface area contributed by atoms with Gasteiger partial charge in [-0.25, -0.2) is 0 Å². The monoisotopic (exact) mass is 555 g/mol. The van der Waals surface area contributed by atoms with Crippen LogP contribution in [0.15, 0.2) is 78.9 Å². The summed E-state index contributed by atoms with van der Waals surface area (Å²) in [5, 5.41) is 9.44. The number of aryl methyl sites for hydroxylation is 1. The minimum absolute atomic E-state index is 0.0310. The zero-order chi connectivity index (χ0) is 31.0. The third-order valence-corrected chi connectivity index (χ3v) is 6.85. The van der Waals surface area contributed by atoms with Crippen LogP contribution in [0, 0.1) is 6.92 Å². The van der Waals surface area contributed by atoms with Crippen molar-refractivity contribution in [3.05, 3.63) is 107 Å². The molecule has 2 N–H and O–H groups in total. The zero-order valence-electron chi connectivity index (χ0n) is 27.4. The normalized spacial score (nSPS) is 11.8. The quantitative estimate of drug-likeness (QED) is 0.241. The average molecular weight is 556 g/mol. The minimum atomic E-state index is 0.0310. The number of benzene rings is 4. The molecule has 0 spiro atoms. The van der Waals surface area contributed by atoms with E-state index in [9.17, 15) is 0 Å². The first-order valence-corrected chi connectivity index (χ1v) is 15.1. The Hall–Kier alpha value is -3.40. The van der Waals surface area contributed by atoms with Crippen LogP contribution < -0.4 is 5.48 Å². The molecule has 0 saturated carbocycles. The third kappa shape index (κ3) is 8.31. The van der Waals surface area contributed by atoms with Gasteiger partial charge in [-0.05, 0) is 63.6 Å². The average Bonchev–Trinajstić information content (AvgIpc) is 3.23. The predicted molar refractivity (Wildman–Crippen MR) is 183 cm³/mol. The second kappa shape index (κ2) is 18.1. The van der Waals surface area contributed by atoms with Crippen LogP contribution in [0.2, 0.25) is 0 Å². The molecule has 1 aliphatic rings. The molecular formula is C38H53NO2. The standard InChI is InChI=1S/C30H29NO.C3H8.2C2H6.CH4O/c1-20-18-26-24-13-7-8-15-27(24)30(2,3)28(26)19-22(20)11-9-14-25-23-12-6-5-10-21(23)16-17-29(25)31-32-4;1-3-2;3*1-2/h5-10,12-19,31H,11H2,1-4H3;3H2,1-2H3;2*1-2H3;2H,1H3/b14-9-;;;;. The fraction of sp³-hybridized carbons (Fsp3) is 0.368. The van der Waals surface area contributed by atoms with Crippen molar-refractivity contribution < 1.29 is 9.94 Å². The van der Waals surface area contributed by atoms with Gasteiger partial charge in [-0.15, -0.1) is 0 Å². The molecule has 0 bridgehead atoms. The summed E-state index contributed by atoms with van der Waals surface area (Å²) in [6.07, 6.45) is 6.63. The predicted octanol–water partition coefficient (Wildman–Crippen LogP) is 10.8. The number of aliphatic hydroxyl groups is 1. The lowest BCUT2D eigenvalue weighted by Gasteiger charge is -2.22. The molecule has 4 aromatic carbocycles. The second-order valence-corrected chi connectivity index (χ2v) is 9.86. The van der Waals surface area contributed by atoms with E-state index in [4.69, 9.17) is 9.94 Å². The molecule has 222 valence electrons. The zero-order valence-corrected chi connectivity index (χ0v) is 27.4. The Kier molecular flexibility index (Phi) is 15.7. The topological polar surface area (TPSA) is 41.5 Å². The number of hydrogen-bond donors (Lipinski definition) is 2. The number of nitrogens with one attached hydrogen (secondary N) is 1. The third-order valence-electron chi connectivity index (χ3n) is 6.85. The van der Waals surface area contributed by atoms with Crippen LogP contribution in [0.5, 0.6) is 0 Å². The van der Waals surface area contributed by atoms with Crippen LogP contribution in [0.3, 0.4) is 0 Å². The van der Waals surface area contributed by atoms with E-state index in [0.29, 0.717) is 0 Å². The molecule has 0 saturated heterocycles. The van der Waals surface area contributed by atoms with Crippen LogP contribution in [-0.4, -0.2) is 19.3 Å². The van der Waals surface area contributed by atoms with E-state index in [1.165, 1.54) is 50.6 Å². The first-order chi connectivity index (χ1) is 19.9. The summed E-state index contributed by atoms with van der Waals surface area (Å²) in [6.45, 7) is 19.2. The molecule has 0 unspecified atom stereocenters. The lowest BCUT2D eigenvalue weighted by Crippen LogP contribution is -2.15. The Balaban J connectivity index is 0.000000847. The van der Waals surface area contributed by atoms with Crippen molar-refractivity contribution in [2.24, 2.45) is 0 Å². The highest BCUT2D eigenvalue weighted by molar-refractivity contribution is 5.95. The first-order valence-electron chi connectivity index (χ1n) is 15.1. The van der Waals surface area contributed by atoms with Crippen LogP contribution >= 0.6 is 0 Å². The summed E-state index contributed by atoms with van der Waals surface area (Å²) in [6, 6.07) is 26.3. The molecule has 3 nitrogen and oxygen atoms in total. The van der Waals surface area contributed by atoms with Crippen molar-refractivity contribution in [2.45, 2.75) is 80.6 Å². The van der Waals surface area contributed by atoms with Crippen molar-refractivity contribution in [1.82, 2.24) is 0 Å². The van der Waals surface area contributed by atoms with Crippen LogP contribution in [-0.2, 0) is 16.7 Å². The van der Waals surface area contributed by atoms with Gasteiger partial charge in [-0.3, -0.25) is 10.3 Å². The Morgan fingerprint density at radius 1 is 0.805 bits per heavy atom. The number of fused-ring (bicyclic) bond motifs is 4. The molecule has 0 aliphatic heterocycles. The molecule has 0 radical (unpaired) electrons. The molecular weight excluding hydrogens is 502 g/mol. The molecule has 41 heavy (non-hydrogen) atoms. The number of allylic oxidation sites excluding steroid dienone is 1. The first kappa shape index (κ1) is 35.6. The number of aliphatic hydroxyl groups excluding tert-OH is 1. The summed E-state index contributed by atoms with van der Waals surface area (Å²) in [4.78, 5) is 5.22. The maximum Gasteiger partial charge on any atom is 0.0683 e. The maximum absolute atomic E-state index is 7.00. The van der Waals surface area contributed by atoms with Crippen LogP contribution in [0.25, 0.3) is 28.0 Å². The van der Waals surface area contributed by atoms with Gasteiger partial charge in [-0.2, -0.15) is 0 Å². The highest BCUT2D eigenvalue weighted by atomic mass is 16.6. The molecule has 0 aromatic heterocycles. The van der Waals surface area contributed by atoms with E-state index in [-0.39, 0.29) is 5.41 Å². The molecule has 0 fully saturated rings. The van der Waals surface area contributed by atoms with Crippen molar-refractivity contribution >= 4 is 22.5 Å². The van der Waals surface area contributed by atoms with Gasteiger partial charge in [-0.1, -0.05) is 141 Å². The van der Waals surface area contributed by atoms with E-state index in [1.807, 2.05) is 27.7 Å². The lowest BCUT2D eigenvalue weighted by atomic mass is 9.81. The second-order valence-electron chi connectivity index (χ2n) is 9.86. The van der Waals surface area contributed by atoms with Crippen LogP contribution in [0.1, 0.15) is 89.6 Å². The number of anilines is 1. The van der Waals surface area contributed by atoms with Crippen molar-refractivity contribution in [2.75, 3.05) is 19.7 Å². The van der Waals surface area contributed by atoms with Gasteiger partial charge in [0.15, 0.2) is 0 Å². The van der Waals surface area contributed by atoms with Crippen molar-refractivity contribution in [3.8, 4) is 11.1 Å². The lowest BCUT2D eigenvalue weighted by molar-refractivity contribution is 0.271. The molecule has 0 atom stereocenters. The van der Waals surface area contributed by atoms with Crippen molar-refractivity contribution in [3.63, 3.8) is 0 Å². The molecule has 5 rings (SSSR count). The fourth-order valence-electron chi connectivity index (χ4n) is 5.10. The fourth-order valence-corrected chi connectivity index (χ4v) is 5.10. The number of hydrogen-bond acceptors (Lipinski definition) is 3. The smallest absolute Gasteiger partial charge is 0.0683 e. The minimum Gasteiger partial charge on any atom is -0.400 e. The summed E-state index contributed by atoms with van der Waals surface area (Å²) in [7, 11) is 2.65. The molecule has 4 aromatic rings. The van der Waals surface area contributed by atoms with Gasteiger partial charge in [0.25, 0.3) is 0 Å². The van der Waals surface area contributed by atoms with E-state index < -0.39 is 0 Å². The van der Waals surface area contributed by atoms with Gasteiger partial charge in [0, 0.05) is 18.1 Å². The Morgan fingerprint density at radius 2 is 1.41 bits per heavy atom. The largest absolute Gasteiger partial charge is 0.400 e. The summed E-state index contributed by atoms with van der Waals surface area (Å²) >= 11 is 0. The summed E-state index contributed by atoms with van der Waals surface area (Å²) in [5.74, 6) is 0. The van der Waals surface area contributed by atoms with E-state index in [0.717, 1.165) is 24.8 Å². The summed E-state index contributed by atoms with van der Waals surface area (Å²) < 4.78 is 0. The van der Waals surface area contributed by atoms with Crippen LogP contribution in [0.4, 0.5) is 5.69 Å². The Labute approximate surface area is 250 Å². The van der Waals surface area contributed by atoms with Crippen molar-refractivity contribution in [1.29, 1.82) is 0 Å². The Bertz CT molecular complexity index is 1370. The summed E-state index contributed by atoms with van der Waals surface area (Å²) in [5.41, 5.74) is 13.5. The molecule has 3 heteroatoms. The van der Waals surface area contributed by atoms with E-state index >= 15 is 0 Å². The number of rotatable bonds is 5. The highest BCUT2D eigenvalue weighted by Crippen LogP contribution is 2.49.